The second-order valence-corrected chi connectivity index (χ2v) is 7.43. The number of ether oxygens (including phenoxy) is 2. The molecule has 0 fully saturated rings. The van der Waals surface area contributed by atoms with Crippen molar-refractivity contribution in [2.24, 2.45) is 10.7 Å². The summed E-state index contributed by atoms with van der Waals surface area (Å²) in [6.07, 6.45) is 1.26. The third-order valence-electron chi connectivity index (χ3n) is 5.20. The minimum Gasteiger partial charge on any atom is -0.485 e. The molecule has 1 amide bonds. The number of nitrogens with zero attached hydrogens (tertiary/aromatic N) is 3. The molecule has 150 valence electrons. The van der Waals surface area contributed by atoms with E-state index in [1.165, 1.54) is 4.90 Å². The molecule has 2 aliphatic rings. The Morgan fingerprint density at radius 3 is 2.83 bits per heavy atom. The molecule has 1 aromatic carbocycles. The molecule has 0 spiro atoms. The van der Waals surface area contributed by atoms with Gasteiger partial charge in [0.05, 0.1) is 12.1 Å². The van der Waals surface area contributed by atoms with E-state index in [0.29, 0.717) is 17.2 Å². The predicted octanol–water partition coefficient (Wildman–Crippen LogP) is 1.43. The lowest BCUT2D eigenvalue weighted by Crippen LogP contribution is -2.47. The fourth-order valence-electron chi connectivity index (χ4n) is 3.43. The minimum absolute atomic E-state index is 0.0933. The minimum atomic E-state index is -0.865. The zero-order valence-corrected chi connectivity index (χ0v) is 16.3. The average Bonchev–Trinajstić information content (AvgIpc) is 2.72. The van der Waals surface area contributed by atoms with E-state index in [1.54, 1.807) is 37.5 Å². The van der Waals surface area contributed by atoms with Gasteiger partial charge in [0.25, 0.3) is 0 Å². The van der Waals surface area contributed by atoms with E-state index in [1.807, 2.05) is 19.1 Å². The number of ketones is 1. The highest BCUT2D eigenvalue weighted by molar-refractivity contribution is 5.98. The number of aliphatic imine (C=N–C) groups is 1. The third kappa shape index (κ3) is 3.65. The fraction of sp³-hybridized carbons (Fsp3) is 0.333. The largest absolute Gasteiger partial charge is 0.485 e. The number of carbonyl (C=O) groups is 2. The summed E-state index contributed by atoms with van der Waals surface area (Å²) in [7, 11) is 1.59. The molecule has 4 rings (SSSR count). The molecule has 2 unspecified atom stereocenters. The number of Topliss-reactive ketones (excluding diaryl/α,β-unsaturated/α-hetero) is 1. The van der Waals surface area contributed by atoms with Crippen molar-refractivity contribution >= 4 is 17.6 Å². The number of nitrogens with two attached hydrogens (primary N) is 1. The van der Waals surface area contributed by atoms with E-state index in [4.69, 9.17) is 15.2 Å². The molecule has 0 saturated carbocycles. The molecule has 1 aromatic heterocycles. The van der Waals surface area contributed by atoms with Gasteiger partial charge in [-0.2, -0.15) is 0 Å². The summed E-state index contributed by atoms with van der Waals surface area (Å²) >= 11 is 0. The number of fused-ring (bicyclic) bond motifs is 1. The van der Waals surface area contributed by atoms with Crippen LogP contribution in [0.1, 0.15) is 24.6 Å². The van der Waals surface area contributed by atoms with Gasteiger partial charge in [-0.3, -0.25) is 19.5 Å². The second kappa shape index (κ2) is 7.20. The normalized spacial score (nSPS) is 23.5. The van der Waals surface area contributed by atoms with E-state index in [9.17, 15) is 9.59 Å². The summed E-state index contributed by atoms with van der Waals surface area (Å²) < 4.78 is 11.4. The van der Waals surface area contributed by atoms with Gasteiger partial charge in [-0.25, -0.2) is 4.99 Å². The number of amides is 1. The van der Waals surface area contributed by atoms with Crippen LogP contribution in [-0.4, -0.2) is 47.3 Å². The first kappa shape index (κ1) is 18.9. The Hall–Kier alpha value is -3.42. The molecular weight excluding hydrogens is 372 g/mol. The highest BCUT2D eigenvalue weighted by atomic mass is 16.6. The predicted molar refractivity (Wildman–Crippen MR) is 106 cm³/mol. The van der Waals surface area contributed by atoms with Crippen molar-refractivity contribution in [1.82, 2.24) is 9.88 Å². The van der Waals surface area contributed by atoms with Crippen molar-refractivity contribution in [3.63, 3.8) is 0 Å². The summed E-state index contributed by atoms with van der Waals surface area (Å²) in [5.41, 5.74) is 6.38. The smallest absolute Gasteiger partial charge is 0.231 e. The third-order valence-corrected chi connectivity index (χ3v) is 5.20. The number of aromatic nitrogens is 1. The zero-order valence-electron chi connectivity index (χ0n) is 16.3. The highest BCUT2D eigenvalue weighted by Crippen LogP contribution is 2.33. The van der Waals surface area contributed by atoms with E-state index in [0.717, 1.165) is 5.56 Å². The van der Waals surface area contributed by atoms with Crippen molar-refractivity contribution in [3.8, 4) is 11.5 Å². The average molecular weight is 394 g/mol. The Kier molecular flexibility index (Phi) is 4.70. The van der Waals surface area contributed by atoms with Crippen molar-refractivity contribution in [2.45, 2.75) is 31.4 Å². The molecule has 29 heavy (non-hydrogen) atoms. The van der Waals surface area contributed by atoms with Crippen molar-refractivity contribution in [1.29, 1.82) is 0 Å². The Balaban J connectivity index is 1.51. The van der Waals surface area contributed by atoms with Crippen molar-refractivity contribution in [2.75, 3.05) is 13.7 Å². The summed E-state index contributed by atoms with van der Waals surface area (Å²) in [6.45, 7) is 1.99. The van der Waals surface area contributed by atoms with Crippen LogP contribution in [0, 0.1) is 0 Å². The van der Waals surface area contributed by atoms with Crippen LogP contribution >= 0.6 is 0 Å². The summed E-state index contributed by atoms with van der Waals surface area (Å²) in [5, 5.41) is 0. The fourth-order valence-corrected chi connectivity index (χ4v) is 3.43. The molecule has 0 saturated heterocycles. The van der Waals surface area contributed by atoms with E-state index in [-0.39, 0.29) is 37.1 Å². The van der Waals surface area contributed by atoms with Crippen LogP contribution < -0.4 is 15.2 Å². The number of benzene rings is 1. The van der Waals surface area contributed by atoms with Gasteiger partial charge >= 0.3 is 0 Å². The number of hydrogen-bond acceptors (Lipinski definition) is 7. The van der Waals surface area contributed by atoms with Gasteiger partial charge in [-0.05, 0) is 36.8 Å². The topological polar surface area (TPSA) is 107 Å². The van der Waals surface area contributed by atoms with Crippen molar-refractivity contribution in [3.05, 3.63) is 53.9 Å². The Labute approximate surface area is 168 Å². The number of pyridine rings is 1. The van der Waals surface area contributed by atoms with Gasteiger partial charge in [-0.15, -0.1) is 0 Å². The number of para-hydroxylation sites is 2. The Morgan fingerprint density at radius 2 is 2.07 bits per heavy atom. The maximum atomic E-state index is 12.8. The maximum Gasteiger partial charge on any atom is 0.231 e. The van der Waals surface area contributed by atoms with E-state index >= 15 is 0 Å². The van der Waals surface area contributed by atoms with Crippen molar-refractivity contribution < 1.29 is 19.1 Å². The first-order valence-electron chi connectivity index (χ1n) is 9.34. The summed E-state index contributed by atoms with van der Waals surface area (Å²) in [4.78, 5) is 35.1. The molecular formula is C21H22N4O4. The first-order valence-corrected chi connectivity index (χ1v) is 9.34. The second-order valence-electron chi connectivity index (χ2n) is 7.43. The monoisotopic (exact) mass is 394 g/mol. The van der Waals surface area contributed by atoms with Crippen LogP contribution in [0.2, 0.25) is 0 Å². The van der Waals surface area contributed by atoms with E-state index < -0.39 is 11.6 Å². The molecule has 2 atom stereocenters. The van der Waals surface area contributed by atoms with Gasteiger partial charge in [0.1, 0.15) is 12.1 Å². The molecule has 0 aliphatic carbocycles. The zero-order chi connectivity index (χ0) is 20.6. The van der Waals surface area contributed by atoms with Crippen LogP contribution in [-0.2, 0) is 21.5 Å². The Bertz CT molecular complexity index is 1010. The van der Waals surface area contributed by atoms with Crippen LogP contribution in [0.4, 0.5) is 0 Å². The lowest BCUT2D eigenvalue weighted by molar-refractivity contribution is -0.129. The summed E-state index contributed by atoms with van der Waals surface area (Å²) in [5.74, 6) is 1.13. The van der Waals surface area contributed by atoms with Crippen LogP contribution in [0.25, 0.3) is 0 Å². The molecule has 8 heteroatoms. The highest BCUT2D eigenvalue weighted by Gasteiger charge is 2.37. The van der Waals surface area contributed by atoms with Gasteiger partial charge < -0.3 is 15.2 Å². The van der Waals surface area contributed by atoms with Gasteiger partial charge in [0.2, 0.25) is 5.91 Å². The Morgan fingerprint density at radius 1 is 1.31 bits per heavy atom. The number of carbonyl (C=O) groups excluding carboxylic acids is 2. The molecule has 2 aliphatic heterocycles. The molecule has 2 aromatic rings. The molecule has 3 heterocycles. The standard InChI is InChI=1S/C21H22N4O4/c1-21(11-19(27)25(2)20(22)24-21)18-10-13(7-8-23-18)9-14(26)17-12-28-15-5-3-4-6-16(15)29-17/h3-8,10,17H,9,11-12H2,1-2H3,(H2,22,24). The van der Waals surface area contributed by atoms with Gasteiger partial charge in [0.15, 0.2) is 29.3 Å². The lowest BCUT2D eigenvalue weighted by Gasteiger charge is -2.33. The number of hydrogen-bond donors (Lipinski definition) is 1. The SMILES string of the molecule is CN1C(=O)CC(C)(c2cc(CC(=O)C3COc4ccccc4O3)ccn2)N=C1N. The molecule has 2 N–H and O–H groups in total. The van der Waals surface area contributed by atoms with Gasteiger partial charge in [-0.1, -0.05) is 12.1 Å². The molecule has 8 nitrogen and oxygen atoms in total. The summed E-state index contributed by atoms with van der Waals surface area (Å²) in [6, 6.07) is 10.8. The van der Waals surface area contributed by atoms with E-state index in [2.05, 4.69) is 9.98 Å². The molecule has 0 bridgehead atoms. The van der Waals surface area contributed by atoms with Crippen LogP contribution in [0.15, 0.2) is 47.6 Å². The van der Waals surface area contributed by atoms with Crippen LogP contribution in [0.3, 0.4) is 0 Å². The first-order chi connectivity index (χ1) is 13.9. The number of guanidine groups is 1. The quantitative estimate of drug-likeness (QED) is 0.841. The number of rotatable bonds is 4. The maximum absolute atomic E-state index is 12.8. The molecule has 0 radical (unpaired) electrons. The lowest BCUT2D eigenvalue weighted by atomic mass is 9.90. The van der Waals surface area contributed by atoms with Gasteiger partial charge in [0, 0.05) is 19.7 Å². The van der Waals surface area contributed by atoms with Crippen LogP contribution in [0.5, 0.6) is 11.5 Å².